The van der Waals surface area contributed by atoms with Crippen molar-refractivity contribution in [1.82, 2.24) is 0 Å². The number of hydrogen-bond donors (Lipinski definition) is 0. The van der Waals surface area contributed by atoms with Crippen LogP contribution in [0.4, 0.5) is 0 Å². The summed E-state index contributed by atoms with van der Waals surface area (Å²) >= 11 is 0. The van der Waals surface area contributed by atoms with Gasteiger partial charge in [0, 0.05) is 39.6 Å². The highest BCUT2D eigenvalue weighted by molar-refractivity contribution is 5.64. The van der Waals surface area contributed by atoms with E-state index in [1.165, 1.54) is 125 Å². The molecule has 7 aromatic carbocycles. The molecule has 0 spiro atoms. The van der Waals surface area contributed by atoms with Crippen LogP contribution in [0.15, 0.2) is 192 Å². The molecule has 7 aromatic rings. The van der Waals surface area contributed by atoms with Gasteiger partial charge in [0.25, 0.3) is 0 Å². The number of allylic oxidation sites excluding steroid dienone is 3. The second-order valence-corrected chi connectivity index (χ2v) is 42.9. The summed E-state index contributed by atoms with van der Waals surface area (Å²) < 4.78 is 78.3. The van der Waals surface area contributed by atoms with Crippen LogP contribution in [-0.2, 0) is 50.4 Å². The molecule has 0 amide bonds. The molecule has 10 unspecified atom stereocenters. The average Bonchev–Trinajstić information content (AvgIpc) is 1.56. The maximum Gasteiger partial charge on any atom is 0.197 e. The molecule has 0 aromatic heterocycles. The van der Waals surface area contributed by atoms with Gasteiger partial charge in [0.2, 0.25) is 0 Å². The Morgan fingerprint density at radius 2 is 0.794 bits per heavy atom. The second-order valence-electron chi connectivity index (χ2n) is 42.9. The molecule has 12 aliphatic carbocycles. The first-order chi connectivity index (χ1) is 65.2. The number of fused-ring (bicyclic) bond motifs is 9. The molecule has 14 heteroatoms. The van der Waals surface area contributed by atoms with Crippen molar-refractivity contribution >= 4 is 41.0 Å². The van der Waals surface area contributed by atoms with Crippen LogP contribution < -0.4 is 33.2 Å². The van der Waals surface area contributed by atoms with Gasteiger partial charge >= 0.3 is 0 Å². The van der Waals surface area contributed by atoms with Gasteiger partial charge in [0.05, 0.1) is 18.8 Å². The molecule has 12 saturated carbocycles. The first-order valence-electron chi connectivity index (χ1n) is 50.9. The minimum atomic E-state index is -0.186. The molecule has 0 saturated heterocycles. The van der Waals surface area contributed by atoms with Gasteiger partial charge in [-0.1, -0.05) is 210 Å². The summed E-state index contributed by atoms with van der Waals surface area (Å²) in [5.41, 5.74) is 16.6. The topological polar surface area (TPSA) is 129 Å². The SMILES string of the molecule is C=C(C)c1ccc(OC(C)OC23CC4CC(CC(C4)C2)C3)cc1.C=C(C)c1ccc(OC(C)OCC23CC4CC(CC(C4)C2)C3)cc1.C=C(C)c1ccc(OC(C)OCCC2CC3CC2C2C4CCC(C4)C32)cc1.C=Cc1ccc(OCOC)c(C(C)(C)C)c1.C=Cc1ccc(OCOC)c(C(C)(C)CC)c1.C=Cc1ccc(OCOC)c(C(C)C)c1.C=Cc1ccc(OCOC)c(CC)c1. The van der Waals surface area contributed by atoms with Gasteiger partial charge in [0.1, 0.15) is 40.2 Å². The highest BCUT2D eigenvalue weighted by Crippen LogP contribution is 2.69. The maximum absolute atomic E-state index is 6.49. The highest BCUT2D eigenvalue weighted by Gasteiger charge is 2.62. The fourth-order valence-corrected chi connectivity index (χ4v) is 24.6. The van der Waals surface area contributed by atoms with Gasteiger partial charge in [-0.25, -0.2) is 0 Å². The fraction of sp³-hybridized carbons (Fsp3) is 0.541. The van der Waals surface area contributed by atoms with Gasteiger partial charge in [0.15, 0.2) is 46.0 Å². The lowest BCUT2D eigenvalue weighted by Gasteiger charge is -2.56. The van der Waals surface area contributed by atoms with E-state index in [1.807, 2.05) is 151 Å². The van der Waals surface area contributed by atoms with Crippen molar-refractivity contribution in [3.05, 3.63) is 253 Å². The molecule has 0 N–H and O–H groups in total. The van der Waals surface area contributed by atoms with E-state index in [9.17, 15) is 0 Å². The van der Waals surface area contributed by atoms with E-state index >= 15 is 0 Å². The number of hydrogen-bond acceptors (Lipinski definition) is 14. The van der Waals surface area contributed by atoms with E-state index in [0.717, 1.165) is 199 Å². The summed E-state index contributed by atoms with van der Waals surface area (Å²) in [6, 6.07) is 48.7. The van der Waals surface area contributed by atoms with Gasteiger partial charge < -0.3 is 66.3 Å². The zero-order valence-corrected chi connectivity index (χ0v) is 86.5. The number of rotatable bonds is 38. The van der Waals surface area contributed by atoms with Crippen molar-refractivity contribution in [1.29, 1.82) is 0 Å². The van der Waals surface area contributed by atoms with Crippen LogP contribution in [0.5, 0.6) is 40.2 Å². The molecule has 19 rings (SSSR count). The van der Waals surface area contributed by atoms with Gasteiger partial charge in [-0.05, 0) is 404 Å². The van der Waals surface area contributed by atoms with E-state index in [2.05, 4.69) is 169 Å². The summed E-state index contributed by atoms with van der Waals surface area (Å²) in [4.78, 5) is 0. The lowest BCUT2D eigenvalue weighted by molar-refractivity contribution is -0.225. The zero-order valence-electron chi connectivity index (χ0n) is 86.5. The van der Waals surface area contributed by atoms with E-state index in [-0.39, 0.29) is 55.7 Å². The third-order valence-electron chi connectivity index (χ3n) is 30.7. The predicted octanol–water partition coefficient (Wildman–Crippen LogP) is 31.2. The highest BCUT2D eigenvalue weighted by atomic mass is 16.7. The minimum absolute atomic E-state index is 0.0437. The Bertz CT molecular complexity index is 4900. The summed E-state index contributed by atoms with van der Waals surface area (Å²) in [5, 5.41) is 0. The van der Waals surface area contributed by atoms with Crippen molar-refractivity contribution < 1.29 is 66.3 Å². The molecule has 10 atom stereocenters. The van der Waals surface area contributed by atoms with Crippen LogP contribution in [0.3, 0.4) is 0 Å². The molecule has 0 aliphatic heterocycles. The first kappa shape index (κ1) is 107. The van der Waals surface area contributed by atoms with Crippen LogP contribution in [-0.4, -0.2) is 93.3 Å². The predicted molar refractivity (Wildman–Crippen MR) is 562 cm³/mol. The molecule has 0 heterocycles. The largest absolute Gasteiger partial charge is 0.467 e. The van der Waals surface area contributed by atoms with Crippen LogP contribution in [0.25, 0.3) is 41.0 Å². The average molecular weight is 1860 g/mol. The van der Waals surface area contributed by atoms with Crippen LogP contribution in [0, 0.1) is 82.3 Å². The molecule has 136 heavy (non-hydrogen) atoms. The lowest BCUT2D eigenvalue weighted by Crippen LogP contribution is -2.53. The summed E-state index contributed by atoms with van der Waals surface area (Å²) in [6.07, 6.45) is 34.4. The van der Waals surface area contributed by atoms with E-state index in [1.54, 1.807) is 41.3 Å². The Morgan fingerprint density at radius 1 is 0.412 bits per heavy atom. The molecule has 0 radical (unpaired) electrons. The first-order valence-corrected chi connectivity index (χ1v) is 50.9. The Balaban J connectivity index is 0.000000155. The third-order valence-corrected chi connectivity index (χ3v) is 30.7. The van der Waals surface area contributed by atoms with Crippen molar-refractivity contribution in [3.8, 4) is 40.2 Å². The summed E-state index contributed by atoms with van der Waals surface area (Å²) in [5.74, 6) is 19.6. The van der Waals surface area contributed by atoms with E-state index in [4.69, 9.17) is 66.3 Å². The van der Waals surface area contributed by atoms with Crippen molar-refractivity contribution in [2.45, 2.75) is 273 Å². The summed E-state index contributed by atoms with van der Waals surface area (Å²) in [6.45, 7) is 61.5. The number of ether oxygens (including phenoxy) is 14. The Kier molecular flexibility index (Phi) is 40.1. The van der Waals surface area contributed by atoms with Gasteiger partial charge in [-0.2, -0.15) is 0 Å². The number of benzene rings is 7. The van der Waals surface area contributed by atoms with Crippen molar-refractivity contribution in [2.24, 2.45) is 82.3 Å². The molecule has 14 nitrogen and oxygen atoms in total. The Hall–Kier alpha value is -8.96. The molecular weight excluding hydrogens is 1690 g/mol. The monoisotopic (exact) mass is 1860 g/mol. The zero-order chi connectivity index (χ0) is 98.0. The van der Waals surface area contributed by atoms with Crippen LogP contribution in [0.2, 0.25) is 0 Å². The van der Waals surface area contributed by atoms with Crippen LogP contribution >= 0.6 is 0 Å². The third kappa shape index (κ3) is 29.8. The maximum atomic E-state index is 6.49. The smallest absolute Gasteiger partial charge is 0.197 e. The molecule has 740 valence electrons. The van der Waals surface area contributed by atoms with Crippen molar-refractivity contribution in [2.75, 3.05) is 68.8 Å². The number of aryl methyl sites for hydroxylation is 1. The normalized spacial score (nSPS) is 25.0. The number of methoxy groups -OCH3 is 4. The second kappa shape index (κ2) is 50.8. The Labute approximate surface area is 820 Å². The Morgan fingerprint density at radius 3 is 1.21 bits per heavy atom. The molecule has 12 fully saturated rings. The van der Waals surface area contributed by atoms with Crippen molar-refractivity contribution in [3.63, 3.8) is 0 Å². The molecular formula is C122H168O14. The lowest BCUT2D eigenvalue weighted by atomic mass is 9.50. The standard InChI is InChI=1S/C25H34O2.C22H30O2.C21H28O2.C15H22O2.C14H20O2.C13H18O2.C12H16O2/c1-15(2)17-6-8-22(9-7-17)27-16(3)26-11-10-18-12-21-14-23(18)25-20-5-4-19(13-20)24(21)25;1-15(2)20-4-6-21(7-5-20)24-16(3)23-14-22-11-17-8-18(12-22)10-19(9-17)13-22;1-14(2)19-4-6-20(7-5-19)22-15(3)23-21-11-16-8-17(12-21)10-18(9-16)13-21;1-6-12-8-9-14(17-11-16-5)13(10-12)15(3,4)7-2;1-6-11-7-8-13(16-10-15-5)12(9-11)14(2,3)4;1-5-11-6-7-13(15-9-14-4)12(8-11)10(2)3;1-4-10-6-7-12(14-9-13-3)11(5-2)8-10/h6-9,16,18-21,23-25H,1,4-5,10-14H2,2-3H3;4-7,16-19H,1,8-14H2,2-3H3;4-7,15-18H,1,8-13H2,2-3H3;6,8-10H,1,7,11H2,2-5H3;6-9H,1,10H2,2-5H3;5-8,10H,1,9H2,2-4H3;4,6-8H,1,5,9H2,2-3H3. The van der Waals surface area contributed by atoms with Gasteiger partial charge in [-0.15, -0.1) is 0 Å². The minimum Gasteiger partial charge on any atom is -0.467 e. The molecule has 12 bridgehead atoms. The van der Waals surface area contributed by atoms with Crippen LogP contribution in [0.1, 0.15) is 293 Å². The summed E-state index contributed by atoms with van der Waals surface area (Å²) in [7, 11) is 6.48. The molecule has 12 aliphatic rings. The van der Waals surface area contributed by atoms with Gasteiger partial charge in [-0.3, -0.25) is 0 Å². The van der Waals surface area contributed by atoms with E-state index < -0.39 is 0 Å². The van der Waals surface area contributed by atoms with E-state index in [0.29, 0.717) is 18.1 Å². The fourth-order valence-electron chi connectivity index (χ4n) is 24.6. The quantitative estimate of drug-likeness (QED) is 0.0269.